The molecule has 0 bridgehead atoms. The van der Waals surface area contributed by atoms with Crippen LogP contribution in [-0.4, -0.2) is 26.4 Å². The normalized spacial score (nSPS) is 12.5. The highest BCUT2D eigenvalue weighted by molar-refractivity contribution is 5.79. The number of aryl methyl sites for hydroxylation is 1. The average Bonchev–Trinajstić information content (AvgIpc) is 3.10. The Morgan fingerprint density at radius 1 is 1.00 bits per heavy atom. The standard InChI is InChI=1S/C26H25NO3/c1-18-13-14-19(25(16-18)29-2)8-7-15-27-26(28)30-17-24-22-11-5-3-9-20(22)21-10-4-6-12-23(21)24/h3-14,16,24H,15,17H2,1-2H3,(H,27,28). The molecule has 0 fully saturated rings. The van der Waals surface area contributed by atoms with E-state index < -0.39 is 6.09 Å². The Labute approximate surface area is 177 Å². The molecule has 4 nitrogen and oxygen atoms in total. The third-order valence-corrected chi connectivity index (χ3v) is 5.39. The Hall–Kier alpha value is -3.53. The van der Waals surface area contributed by atoms with Gasteiger partial charge in [0, 0.05) is 18.0 Å². The molecule has 0 radical (unpaired) electrons. The van der Waals surface area contributed by atoms with Crippen LogP contribution >= 0.6 is 0 Å². The Balaban J connectivity index is 1.34. The number of benzene rings is 3. The summed E-state index contributed by atoms with van der Waals surface area (Å²) in [6.07, 6.45) is 3.40. The molecule has 30 heavy (non-hydrogen) atoms. The van der Waals surface area contributed by atoms with Gasteiger partial charge >= 0.3 is 6.09 Å². The SMILES string of the molecule is COc1cc(C)ccc1C=CCNC(=O)OCC1c2ccccc2-c2ccccc21. The molecule has 1 N–H and O–H groups in total. The molecule has 0 saturated heterocycles. The van der Waals surface area contributed by atoms with Crippen molar-refractivity contribution < 1.29 is 14.3 Å². The monoisotopic (exact) mass is 399 g/mol. The van der Waals surface area contributed by atoms with Gasteiger partial charge in [-0.15, -0.1) is 0 Å². The third kappa shape index (κ3) is 4.08. The molecule has 0 saturated carbocycles. The molecule has 1 amide bonds. The van der Waals surface area contributed by atoms with Gasteiger partial charge in [0.05, 0.1) is 7.11 Å². The predicted octanol–water partition coefficient (Wildman–Crippen LogP) is 5.56. The van der Waals surface area contributed by atoms with Crippen LogP contribution in [0.1, 0.15) is 28.2 Å². The van der Waals surface area contributed by atoms with Crippen LogP contribution in [-0.2, 0) is 4.74 Å². The summed E-state index contributed by atoms with van der Waals surface area (Å²) in [6.45, 7) is 2.72. The minimum Gasteiger partial charge on any atom is -0.496 e. The number of carbonyl (C=O) groups excluding carboxylic acids is 1. The second-order valence-corrected chi connectivity index (χ2v) is 7.35. The van der Waals surface area contributed by atoms with Gasteiger partial charge in [0.15, 0.2) is 0 Å². The Morgan fingerprint density at radius 3 is 2.33 bits per heavy atom. The fourth-order valence-corrected chi connectivity index (χ4v) is 3.93. The van der Waals surface area contributed by atoms with Gasteiger partial charge in [-0.3, -0.25) is 0 Å². The summed E-state index contributed by atoms with van der Waals surface area (Å²) in [7, 11) is 1.65. The fourth-order valence-electron chi connectivity index (χ4n) is 3.93. The zero-order valence-electron chi connectivity index (χ0n) is 17.2. The number of hydrogen-bond donors (Lipinski definition) is 1. The van der Waals surface area contributed by atoms with Crippen molar-refractivity contribution in [1.82, 2.24) is 5.32 Å². The summed E-state index contributed by atoms with van der Waals surface area (Å²) < 4.78 is 10.9. The van der Waals surface area contributed by atoms with Gasteiger partial charge in [-0.25, -0.2) is 4.79 Å². The quantitative estimate of drug-likeness (QED) is 0.591. The van der Waals surface area contributed by atoms with Crippen molar-refractivity contribution >= 4 is 12.2 Å². The van der Waals surface area contributed by atoms with E-state index in [-0.39, 0.29) is 5.92 Å². The van der Waals surface area contributed by atoms with E-state index in [9.17, 15) is 4.79 Å². The molecule has 3 aromatic carbocycles. The summed E-state index contributed by atoms with van der Waals surface area (Å²) in [5, 5.41) is 2.78. The zero-order valence-corrected chi connectivity index (χ0v) is 17.2. The molecular formula is C26H25NO3. The minimum atomic E-state index is -0.419. The van der Waals surface area contributed by atoms with Crippen LogP contribution in [0.5, 0.6) is 5.75 Å². The van der Waals surface area contributed by atoms with Gasteiger partial charge in [-0.1, -0.05) is 72.8 Å². The number of amides is 1. The van der Waals surface area contributed by atoms with E-state index >= 15 is 0 Å². The maximum Gasteiger partial charge on any atom is 0.407 e. The molecule has 152 valence electrons. The molecule has 0 atom stereocenters. The van der Waals surface area contributed by atoms with Crippen molar-refractivity contribution in [3.8, 4) is 16.9 Å². The second kappa shape index (κ2) is 8.87. The second-order valence-electron chi connectivity index (χ2n) is 7.35. The van der Waals surface area contributed by atoms with Crippen LogP contribution in [0.2, 0.25) is 0 Å². The van der Waals surface area contributed by atoms with Crippen LogP contribution in [0.15, 0.2) is 72.8 Å². The molecule has 0 heterocycles. The lowest BCUT2D eigenvalue weighted by atomic mass is 9.98. The molecular weight excluding hydrogens is 374 g/mol. The highest BCUT2D eigenvalue weighted by Gasteiger charge is 2.28. The van der Waals surface area contributed by atoms with Gasteiger partial charge in [-0.2, -0.15) is 0 Å². The minimum absolute atomic E-state index is 0.0653. The molecule has 0 aliphatic heterocycles. The largest absolute Gasteiger partial charge is 0.496 e. The number of fused-ring (bicyclic) bond motifs is 3. The van der Waals surface area contributed by atoms with Crippen molar-refractivity contribution in [2.24, 2.45) is 0 Å². The lowest BCUT2D eigenvalue weighted by molar-refractivity contribution is 0.144. The number of alkyl carbamates (subject to hydrolysis) is 1. The average molecular weight is 399 g/mol. The van der Waals surface area contributed by atoms with E-state index in [0.29, 0.717) is 13.2 Å². The Kier molecular flexibility index (Phi) is 5.84. The van der Waals surface area contributed by atoms with E-state index in [0.717, 1.165) is 16.9 Å². The molecule has 0 spiro atoms. The number of rotatable bonds is 6. The van der Waals surface area contributed by atoms with Crippen LogP contribution in [0.25, 0.3) is 17.2 Å². The number of hydrogen-bond acceptors (Lipinski definition) is 3. The van der Waals surface area contributed by atoms with Crippen molar-refractivity contribution in [3.63, 3.8) is 0 Å². The number of nitrogens with one attached hydrogen (secondary N) is 1. The van der Waals surface area contributed by atoms with Gasteiger partial charge < -0.3 is 14.8 Å². The number of ether oxygens (including phenoxy) is 2. The summed E-state index contributed by atoms with van der Waals surface area (Å²) in [6, 6.07) is 22.6. The van der Waals surface area contributed by atoms with Gasteiger partial charge in [0.2, 0.25) is 0 Å². The number of carbonyl (C=O) groups is 1. The van der Waals surface area contributed by atoms with Gasteiger partial charge in [-0.05, 0) is 40.8 Å². The topological polar surface area (TPSA) is 47.6 Å². The van der Waals surface area contributed by atoms with Crippen LogP contribution in [0, 0.1) is 6.92 Å². The first-order chi connectivity index (χ1) is 14.7. The highest BCUT2D eigenvalue weighted by atomic mass is 16.5. The first-order valence-corrected chi connectivity index (χ1v) is 10.1. The Morgan fingerprint density at radius 2 is 1.67 bits per heavy atom. The molecule has 0 aromatic heterocycles. The van der Waals surface area contributed by atoms with Crippen molar-refractivity contribution in [3.05, 3.63) is 95.1 Å². The van der Waals surface area contributed by atoms with Gasteiger partial charge in [0.1, 0.15) is 12.4 Å². The van der Waals surface area contributed by atoms with E-state index in [2.05, 4.69) is 29.6 Å². The maximum atomic E-state index is 12.2. The smallest absolute Gasteiger partial charge is 0.407 e. The molecule has 4 rings (SSSR count). The molecule has 1 aliphatic rings. The van der Waals surface area contributed by atoms with E-state index in [1.165, 1.54) is 22.3 Å². The van der Waals surface area contributed by atoms with Crippen molar-refractivity contribution in [2.75, 3.05) is 20.3 Å². The molecule has 1 aliphatic carbocycles. The summed E-state index contributed by atoms with van der Waals surface area (Å²) >= 11 is 0. The van der Waals surface area contributed by atoms with Crippen molar-refractivity contribution in [1.29, 1.82) is 0 Å². The van der Waals surface area contributed by atoms with Gasteiger partial charge in [0.25, 0.3) is 0 Å². The summed E-state index contributed by atoms with van der Waals surface area (Å²) in [5.41, 5.74) is 6.96. The highest BCUT2D eigenvalue weighted by Crippen LogP contribution is 2.44. The lowest BCUT2D eigenvalue weighted by Crippen LogP contribution is -2.26. The van der Waals surface area contributed by atoms with E-state index in [1.54, 1.807) is 7.11 Å². The maximum absolute atomic E-state index is 12.2. The van der Waals surface area contributed by atoms with E-state index in [4.69, 9.17) is 9.47 Å². The first kappa shape index (κ1) is 19.8. The lowest BCUT2D eigenvalue weighted by Gasteiger charge is -2.14. The summed E-state index contributed by atoms with van der Waals surface area (Å²) in [4.78, 5) is 12.2. The van der Waals surface area contributed by atoms with E-state index in [1.807, 2.05) is 61.5 Å². The zero-order chi connectivity index (χ0) is 20.9. The van der Waals surface area contributed by atoms with Crippen molar-refractivity contribution in [2.45, 2.75) is 12.8 Å². The third-order valence-electron chi connectivity index (χ3n) is 5.39. The Bertz CT molecular complexity index is 1040. The van der Waals surface area contributed by atoms with Crippen LogP contribution < -0.4 is 10.1 Å². The number of methoxy groups -OCH3 is 1. The first-order valence-electron chi connectivity index (χ1n) is 10.1. The molecule has 3 aromatic rings. The predicted molar refractivity (Wildman–Crippen MR) is 120 cm³/mol. The molecule has 4 heteroatoms. The fraction of sp³-hybridized carbons (Fsp3) is 0.192. The molecule has 0 unspecified atom stereocenters. The van der Waals surface area contributed by atoms with Crippen LogP contribution in [0.4, 0.5) is 4.79 Å². The summed E-state index contributed by atoms with van der Waals surface area (Å²) in [5.74, 6) is 0.878. The van der Waals surface area contributed by atoms with Crippen LogP contribution in [0.3, 0.4) is 0 Å².